The lowest BCUT2D eigenvalue weighted by Gasteiger charge is -2.29. The number of fused-ring (bicyclic) bond motifs is 2. The van der Waals surface area contributed by atoms with Crippen molar-refractivity contribution < 1.29 is 9.53 Å². The van der Waals surface area contributed by atoms with Gasteiger partial charge in [0.15, 0.2) is 0 Å². The van der Waals surface area contributed by atoms with Gasteiger partial charge in [-0.05, 0) is 48.6 Å². The van der Waals surface area contributed by atoms with Crippen molar-refractivity contribution in [2.45, 2.75) is 0 Å². The van der Waals surface area contributed by atoms with E-state index in [9.17, 15) is 4.79 Å². The first kappa shape index (κ1) is 19.5. The smallest absolute Gasteiger partial charge is 0.255 e. The van der Waals surface area contributed by atoms with Crippen molar-refractivity contribution >= 4 is 33.9 Å². The van der Waals surface area contributed by atoms with Gasteiger partial charge in [0.1, 0.15) is 0 Å². The molecular weight excluding hydrogens is 416 g/mol. The fourth-order valence-corrected chi connectivity index (χ4v) is 4.42. The first-order valence-electron chi connectivity index (χ1n) is 11.0. The van der Waals surface area contributed by atoms with E-state index in [1.54, 1.807) is 0 Å². The van der Waals surface area contributed by atoms with Crippen LogP contribution in [0.4, 0.5) is 17.1 Å². The molecule has 166 valence electrons. The molecule has 3 aliphatic rings. The lowest BCUT2D eigenvalue weighted by atomic mass is 10.1. The van der Waals surface area contributed by atoms with E-state index in [2.05, 4.69) is 37.0 Å². The molecule has 0 unspecified atom stereocenters. The zero-order chi connectivity index (χ0) is 22.2. The maximum Gasteiger partial charge on any atom is 0.255 e. The summed E-state index contributed by atoms with van der Waals surface area (Å²) in [5.41, 5.74) is 12.6. The van der Waals surface area contributed by atoms with Gasteiger partial charge in [0.05, 0.1) is 30.3 Å². The number of anilines is 3. The van der Waals surface area contributed by atoms with E-state index in [1.807, 2.05) is 67.1 Å². The van der Waals surface area contributed by atoms with Crippen molar-refractivity contribution in [2.24, 2.45) is 0 Å². The van der Waals surface area contributed by atoms with Crippen molar-refractivity contribution in [1.82, 2.24) is 15.8 Å². The molecule has 0 bridgehead atoms. The van der Waals surface area contributed by atoms with Crippen molar-refractivity contribution in [1.29, 1.82) is 0 Å². The van der Waals surface area contributed by atoms with Gasteiger partial charge in [-0.3, -0.25) is 10.2 Å². The van der Waals surface area contributed by atoms with Gasteiger partial charge in [-0.15, -0.1) is 0 Å². The number of nitrogens with one attached hydrogen (secondary N) is 4. The van der Waals surface area contributed by atoms with Gasteiger partial charge in [-0.25, -0.2) is 0 Å². The molecule has 4 N–H and O–H groups in total. The Labute approximate surface area is 191 Å². The summed E-state index contributed by atoms with van der Waals surface area (Å²) in [7, 11) is 0. The predicted molar refractivity (Wildman–Crippen MR) is 130 cm³/mol. The Kier molecular flexibility index (Phi) is 4.77. The van der Waals surface area contributed by atoms with Crippen molar-refractivity contribution in [3.05, 3.63) is 90.2 Å². The molecule has 6 rings (SSSR count). The molecule has 8 heteroatoms. The van der Waals surface area contributed by atoms with Crippen LogP contribution in [-0.4, -0.2) is 37.2 Å². The Morgan fingerprint density at radius 2 is 2.00 bits per heavy atom. The molecule has 3 aliphatic heterocycles. The molecule has 1 aromatic heterocycles. The number of carbonyl (C=O) groups excluding carboxylic acids is 1. The summed E-state index contributed by atoms with van der Waals surface area (Å²) in [4.78, 5) is 20.7. The standard InChI is InChI=1S/C25H24N6O2/c32-25(28-18-3-1-4-19(14-18)30-9-11-33-12-10-30)17-6-7-20-22(13-17)26-15-23(20)31-8-2-5-21-24(31)16-27-29-21/h1-8,13-16,26-27,29H,9-12H2,(H,28,32). The highest BCUT2D eigenvalue weighted by Gasteiger charge is 2.22. The normalized spacial score (nSPS) is 17.2. The molecule has 0 atom stereocenters. The number of rotatable bonds is 4. The lowest BCUT2D eigenvalue weighted by molar-refractivity contribution is 0.102. The second kappa shape index (κ2) is 8.07. The van der Waals surface area contributed by atoms with E-state index in [4.69, 9.17) is 4.74 Å². The minimum atomic E-state index is -0.137. The fourth-order valence-electron chi connectivity index (χ4n) is 4.42. The highest BCUT2D eigenvalue weighted by atomic mass is 16.5. The predicted octanol–water partition coefficient (Wildman–Crippen LogP) is 3.42. The van der Waals surface area contributed by atoms with Gasteiger partial charge in [-0.1, -0.05) is 6.07 Å². The number of aromatic nitrogens is 1. The molecular formula is C25H24N6O2. The number of amides is 1. The van der Waals surface area contributed by atoms with Crippen LogP contribution in [0.25, 0.3) is 10.9 Å². The average molecular weight is 441 g/mol. The van der Waals surface area contributed by atoms with Crippen molar-refractivity contribution in [3.8, 4) is 0 Å². The quantitative estimate of drug-likeness (QED) is 0.498. The highest BCUT2D eigenvalue weighted by Crippen LogP contribution is 2.34. The summed E-state index contributed by atoms with van der Waals surface area (Å²) in [5.74, 6) is -0.137. The molecule has 1 amide bonds. The minimum absolute atomic E-state index is 0.137. The van der Waals surface area contributed by atoms with E-state index < -0.39 is 0 Å². The van der Waals surface area contributed by atoms with Gasteiger partial charge < -0.3 is 30.3 Å². The van der Waals surface area contributed by atoms with E-state index >= 15 is 0 Å². The minimum Gasteiger partial charge on any atom is -0.378 e. The Morgan fingerprint density at radius 3 is 2.91 bits per heavy atom. The molecule has 1 saturated heterocycles. The third-order valence-electron chi connectivity index (χ3n) is 6.11. The van der Waals surface area contributed by atoms with Crippen molar-refractivity contribution in [2.75, 3.05) is 41.4 Å². The van der Waals surface area contributed by atoms with Crippen LogP contribution in [0.2, 0.25) is 0 Å². The van der Waals surface area contributed by atoms with E-state index in [-0.39, 0.29) is 5.91 Å². The molecule has 1 fully saturated rings. The summed E-state index contributed by atoms with van der Waals surface area (Å²) >= 11 is 0. The van der Waals surface area contributed by atoms with E-state index in [0.29, 0.717) is 5.56 Å². The average Bonchev–Trinajstić information content (AvgIpc) is 3.51. The first-order valence-corrected chi connectivity index (χ1v) is 11.0. The molecule has 0 aliphatic carbocycles. The largest absolute Gasteiger partial charge is 0.378 e. The summed E-state index contributed by atoms with van der Waals surface area (Å²) in [6, 6.07) is 13.7. The summed E-state index contributed by atoms with van der Waals surface area (Å²) in [5, 5.41) is 4.08. The number of hydrogen-bond acceptors (Lipinski definition) is 6. The Morgan fingerprint density at radius 1 is 1.09 bits per heavy atom. The van der Waals surface area contributed by atoms with Crippen LogP contribution in [0, 0.1) is 0 Å². The molecule has 33 heavy (non-hydrogen) atoms. The Bertz CT molecular complexity index is 1320. The Balaban J connectivity index is 1.22. The zero-order valence-corrected chi connectivity index (χ0v) is 18.0. The van der Waals surface area contributed by atoms with Gasteiger partial charge in [-0.2, -0.15) is 0 Å². The molecule has 0 saturated carbocycles. The van der Waals surface area contributed by atoms with Gasteiger partial charge in [0.25, 0.3) is 5.91 Å². The Hall–Kier alpha value is -4.17. The maximum absolute atomic E-state index is 13.0. The third-order valence-corrected chi connectivity index (χ3v) is 6.11. The molecule has 8 nitrogen and oxygen atoms in total. The summed E-state index contributed by atoms with van der Waals surface area (Å²) in [6.45, 7) is 3.17. The van der Waals surface area contributed by atoms with Crippen LogP contribution in [0.15, 0.2) is 84.6 Å². The lowest BCUT2D eigenvalue weighted by Crippen LogP contribution is -2.36. The monoisotopic (exact) mass is 440 g/mol. The zero-order valence-electron chi connectivity index (χ0n) is 18.0. The second-order valence-corrected chi connectivity index (χ2v) is 8.13. The summed E-state index contributed by atoms with van der Waals surface area (Å²) < 4.78 is 5.44. The van der Waals surface area contributed by atoms with Crippen LogP contribution in [0.5, 0.6) is 0 Å². The SMILES string of the molecule is O=C(Nc1cccc(N2CCOCC2)c1)c1ccc2c(N3C=CC=C4NNC=C43)c[nH]c2c1. The third kappa shape index (κ3) is 3.60. The number of hydrogen-bond donors (Lipinski definition) is 4. The number of benzene rings is 2. The highest BCUT2D eigenvalue weighted by molar-refractivity contribution is 6.07. The first-order chi connectivity index (χ1) is 16.3. The van der Waals surface area contributed by atoms with E-state index in [0.717, 1.165) is 65.7 Å². The van der Waals surface area contributed by atoms with Gasteiger partial charge in [0, 0.05) is 59.5 Å². The molecule has 2 aromatic carbocycles. The molecule has 4 heterocycles. The number of carbonyl (C=O) groups is 1. The van der Waals surface area contributed by atoms with Crippen LogP contribution in [0.1, 0.15) is 10.4 Å². The number of H-pyrrole nitrogens is 1. The summed E-state index contributed by atoms with van der Waals surface area (Å²) in [6.07, 6.45) is 9.94. The van der Waals surface area contributed by atoms with Crippen LogP contribution in [0.3, 0.4) is 0 Å². The van der Waals surface area contributed by atoms with E-state index in [1.165, 1.54) is 0 Å². The number of allylic oxidation sites excluding steroid dienone is 2. The second-order valence-electron chi connectivity index (χ2n) is 8.13. The molecule has 3 aromatic rings. The number of ether oxygens (including phenoxy) is 1. The van der Waals surface area contributed by atoms with Gasteiger partial charge in [0.2, 0.25) is 0 Å². The molecule has 0 spiro atoms. The van der Waals surface area contributed by atoms with Gasteiger partial charge >= 0.3 is 0 Å². The number of hydrazine groups is 1. The molecule has 0 radical (unpaired) electrons. The number of nitrogens with zero attached hydrogens (tertiary/aromatic N) is 2. The number of aromatic amines is 1. The number of morpholine rings is 1. The topological polar surface area (TPSA) is 84.7 Å². The van der Waals surface area contributed by atoms with Crippen LogP contribution in [-0.2, 0) is 4.74 Å². The maximum atomic E-state index is 13.0. The van der Waals surface area contributed by atoms with Crippen LogP contribution < -0.4 is 26.0 Å². The van der Waals surface area contributed by atoms with Crippen molar-refractivity contribution in [3.63, 3.8) is 0 Å². The van der Waals surface area contributed by atoms with Crippen LogP contribution >= 0.6 is 0 Å². The fraction of sp³-hybridized carbons (Fsp3) is 0.160.